The molecule has 0 fully saturated rings. The van der Waals surface area contributed by atoms with Crippen molar-refractivity contribution >= 4 is 23.4 Å². The largest absolute Gasteiger partial charge is 0.508 e. The van der Waals surface area contributed by atoms with E-state index in [1.807, 2.05) is 32.9 Å². The molecule has 0 aliphatic heterocycles. The van der Waals surface area contributed by atoms with Crippen molar-refractivity contribution in [2.45, 2.75) is 32.4 Å². The summed E-state index contributed by atoms with van der Waals surface area (Å²) in [7, 11) is 1.27. The Balaban J connectivity index is 1.68. The maximum Gasteiger partial charge on any atom is 0.435 e. The molecule has 13 heteroatoms. The lowest BCUT2D eigenvalue weighted by atomic mass is 9.87. The highest BCUT2D eigenvalue weighted by Gasteiger charge is 2.39. The Labute approximate surface area is 220 Å². The smallest absolute Gasteiger partial charge is 0.435 e. The average Bonchev–Trinajstić information content (AvgIpc) is 3.45. The molecule has 0 radical (unpaired) electrons. The lowest BCUT2D eigenvalue weighted by Crippen LogP contribution is -2.36. The van der Waals surface area contributed by atoms with Gasteiger partial charge in [-0.1, -0.05) is 32.9 Å². The first kappa shape index (κ1) is 27.4. The number of hydrogen-bond acceptors (Lipinski definition) is 5. The van der Waals surface area contributed by atoms with E-state index in [1.165, 1.54) is 25.2 Å². The van der Waals surface area contributed by atoms with Crippen LogP contribution in [0, 0.1) is 5.82 Å². The van der Waals surface area contributed by atoms with E-state index < -0.39 is 29.2 Å². The number of halogens is 4. The molecule has 0 unspecified atom stereocenters. The highest BCUT2D eigenvalue weighted by Crippen LogP contribution is 2.31. The predicted molar refractivity (Wildman–Crippen MR) is 137 cm³/mol. The maximum absolute atomic E-state index is 14.3. The molecule has 0 saturated carbocycles. The zero-order valence-corrected chi connectivity index (χ0v) is 21.4. The Kier molecular flexibility index (Phi) is 7.18. The highest BCUT2D eigenvalue weighted by molar-refractivity contribution is 6.11. The SMILES string of the molecule is Cn1cc(C(=O)NC(=Nc2cc(-c3ccc(O)cc3F)[nH]n2)Nc2ccc(C(C)(C)C)cc2)c(C(F)(F)F)n1. The van der Waals surface area contributed by atoms with Gasteiger partial charge < -0.3 is 10.4 Å². The summed E-state index contributed by atoms with van der Waals surface area (Å²) in [5.74, 6) is -2.31. The summed E-state index contributed by atoms with van der Waals surface area (Å²) in [4.78, 5) is 17.2. The minimum Gasteiger partial charge on any atom is -0.508 e. The summed E-state index contributed by atoms with van der Waals surface area (Å²) in [6, 6.07) is 12.1. The number of carbonyl (C=O) groups excluding carboxylic acids is 1. The number of phenols is 1. The summed E-state index contributed by atoms with van der Waals surface area (Å²) >= 11 is 0. The number of carbonyl (C=O) groups is 1. The van der Waals surface area contributed by atoms with Crippen molar-refractivity contribution in [1.29, 1.82) is 0 Å². The maximum atomic E-state index is 14.3. The number of rotatable bonds is 4. The van der Waals surface area contributed by atoms with E-state index in [0.29, 0.717) is 5.69 Å². The molecule has 0 bridgehead atoms. The van der Waals surface area contributed by atoms with E-state index in [9.17, 15) is 27.5 Å². The van der Waals surface area contributed by atoms with Gasteiger partial charge in [0.2, 0.25) is 5.96 Å². The Hall–Kier alpha value is -4.68. The number of amides is 1. The molecule has 4 aromatic rings. The van der Waals surface area contributed by atoms with Crippen LogP contribution in [0.15, 0.2) is 59.7 Å². The monoisotopic (exact) mass is 543 g/mol. The molecule has 9 nitrogen and oxygen atoms in total. The first-order valence-electron chi connectivity index (χ1n) is 11.6. The quantitative estimate of drug-likeness (QED) is 0.154. The van der Waals surface area contributed by atoms with Crippen LogP contribution >= 0.6 is 0 Å². The number of guanidine groups is 1. The third-order valence-electron chi connectivity index (χ3n) is 5.62. The second-order valence-electron chi connectivity index (χ2n) is 9.73. The van der Waals surface area contributed by atoms with Crippen LogP contribution in [0.25, 0.3) is 11.3 Å². The number of nitrogens with zero attached hydrogens (tertiary/aromatic N) is 4. The van der Waals surface area contributed by atoms with E-state index >= 15 is 0 Å². The van der Waals surface area contributed by atoms with Crippen LogP contribution < -0.4 is 10.6 Å². The van der Waals surface area contributed by atoms with Gasteiger partial charge in [-0.2, -0.15) is 28.4 Å². The molecule has 39 heavy (non-hydrogen) atoms. The van der Waals surface area contributed by atoms with Gasteiger partial charge in [0.05, 0.1) is 11.3 Å². The fourth-order valence-corrected chi connectivity index (χ4v) is 3.66. The first-order chi connectivity index (χ1) is 18.2. The summed E-state index contributed by atoms with van der Waals surface area (Å²) < 4.78 is 55.5. The van der Waals surface area contributed by atoms with Gasteiger partial charge in [0.25, 0.3) is 5.91 Å². The van der Waals surface area contributed by atoms with E-state index in [4.69, 9.17) is 0 Å². The third-order valence-corrected chi connectivity index (χ3v) is 5.62. The second kappa shape index (κ2) is 10.2. The molecule has 4 rings (SSSR count). The molecular weight excluding hydrogens is 518 g/mol. The summed E-state index contributed by atoms with van der Waals surface area (Å²) in [5, 5.41) is 24.7. The summed E-state index contributed by atoms with van der Waals surface area (Å²) in [6.07, 6.45) is -3.90. The molecule has 1 amide bonds. The van der Waals surface area contributed by atoms with E-state index in [1.54, 1.807) is 12.1 Å². The predicted octanol–water partition coefficient (Wildman–Crippen LogP) is 5.50. The van der Waals surface area contributed by atoms with Gasteiger partial charge >= 0.3 is 6.18 Å². The minimum atomic E-state index is -4.85. The van der Waals surface area contributed by atoms with Crippen LogP contribution in [0.1, 0.15) is 42.4 Å². The number of aromatic amines is 1. The number of phenolic OH excluding ortho intramolecular Hbond substituents is 1. The fourth-order valence-electron chi connectivity index (χ4n) is 3.66. The lowest BCUT2D eigenvalue weighted by molar-refractivity contribution is -0.141. The van der Waals surface area contributed by atoms with Gasteiger partial charge in [0.1, 0.15) is 11.6 Å². The molecule has 2 heterocycles. The number of benzene rings is 2. The lowest BCUT2D eigenvalue weighted by Gasteiger charge is -2.19. The van der Waals surface area contributed by atoms with Gasteiger partial charge in [-0.3, -0.25) is 19.9 Å². The Morgan fingerprint density at radius 3 is 2.38 bits per heavy atom. The molecule has 204 valence electrons. The number of aromatic hydroxyl groups is 1. The third kappa shape index (κ3) is 6.43. The zero-order valence-electron chi connectivity index (χ0n) is 21.4. The van der Waals surface area contributed by atoms with E-state index in [-0.39, 0.29) is 34.2 Å². The first-order valence-corrected chi connectivity index (χ1v) is 11.6. The summed E-state index contributed by atoms with van der Waals surface area (Å²) in [6.45, 7) is 6.13. The average molecular weight is 544 g/mol. The van der Waals surface area contributed by atoms with Crippen molar-refractivity contribution in [3.05, 3.63) is 77.4 Å². The number of aryl methyl sites for hydroxylation is 1. The number of H-pyrrole nitrogens is 1. The van der Waals surface area contributed by atoms with Crippen molar-refractivity contribution in [3.8, 4) is 17.0 Å². The molecule has 2 aromatic carbocycles. The molecule has 0 aliphatic rings. The van der Waals surface area contributed by atoms with Gasteiger partial charge in [-0.25, -0.2) is 4.39 Å². The molecular formula is C26H25F4N7O2. The minimum absolute atomic E-state index is 0.00572. The van der Waals surface area contributed by atoms with Crippen LogP contribution in [0.2, 0.25) is 0 Å². The zero-order chi connectivity index (χ0) is 28.5. The second-order valence-corrected chi connectivity index (χ2v) is 9.73. The van der Waals surface area contributed by atoms with Gasteiger partial charge in [-0.15, -0.1) is 0 Å². The number of alkyl halides is 3. The van der Waals surface area contributed by atoms with Gasteiger partial charge in [0, 0.05) is 36.6 Å². The standard InChI is InChI=1S/C26H25F4N7O2/c1-25(2,3)14-5-7-15(8-6-14)31-24(33-23(39)18-13-37(4)36-22(18)26(28,29)30)32-21-12-20(34-35-21)17-10-9-16(38)11-19(17)27/h5-13,38H,1-4H3,(H3,31,32,33,34,35,39). The number of aliphatic imine (C=N–C) groups is 1. The van der Waals surface area contributed by atoms with Crippen molar-refractivity contribution in [2.24, 2.45) is 12.0 Å². The van der Waals surface area contributed by atoms with Crippen LogP contribution in [0.4, 0.5) is 29.1 Å². The fraction of sp³-hybridized carbons (Fsp3) is 0.231. The highest BCUT2D eigenvalue weighted by atomic mass is 19.4. The van der Waals surface area contributed by atoms with Crippen LogP contribution in [0.3, 0.4) is 0 Å². The Morgan fingerprint density at radius 2 is 1.77 bits per heavy atom. The van der Waals surface area contributed by atoms with Gasteiger partial charge in [0.15, 0.2) is 11.5 Å². The number of anilines is 1. The van der Waals surface area contributed by atoms with E-state index in [0.717, 1.165) is 22.5 Å². The van der Waals surface area contributed by atoms with Gasteiger partial charge in [-0.05, 0) is 35.2 Å². The van der Waals surface area contributed by atoms with Crippen LogP contribution in [-0.4, -0.2) is 37.0 Å². The van der Waals surface area contributed by atoms with Crippen molar-refractivity contribution < 1.29 is 27.5 Å². The molecule has 0 spiro atoms. The molecule has 0 aliphatic carbocycles. The Bertz CT molecular complexity index is 1530. The number of aromatic nitrogens is 4. The topological polar surface area (TPSA) is 120 Å². The molecule has 4 N–H and O–H groups in total. The van der Waals surface area contributed by atoms with Crippen molar-refractivity contribution in [1.82, 2.24) is 25.3 Å². The van der Waals surface area contributed by atoms with Crippen molar-refractivity contribution in [2.75, 3.05) is 5.32 Å². The van der Waals surface area contributed by atoms with Crippen LogP contribution in [0.5, 0.6) is 5.75 Å². The summed E-state index contributed by atoms with van der Waals surface area (Å²) in [5.41, 5.74) is -0.315. The van der Waals surface area contributed by atoms with Crippen LogP contribution in [-0.2, 0) is 18.6 Å². The number of nitrogens with one attached hydrogen (secondary N) is 3. The Morgan fingerprint density at radius 1 is 1.08 bits per heavy atom. The van der Waals surface area contributed by atoms with E-state index in [2.05, 4.69) is 30.9 Å². The normalized spacial score (nSPS) is 12.5. The van der Waals surface area contributed by atoms with Crippen molar-refractivity contribution in [3.63, 3.8) is 0 Å². The molecule has 0 saturated heterocycles. The molecule has 0 atom stereocenters. The number of hydrogen-bond donors (Lipinski definition) is 4. The molecule has 2 aromatic heterocycles.